The summed E-state index contributed by atoms with van der Waals surface area (Å²) in [5.74, 6) is -0.0497. The molecule has 0 fully saturated rings. The van der Waals surface area contributed by atoms with Crippen LogP contribution in [0.5, 0.6) is 0 Å². The molecule has 4 aromatic rings. The number of nitrogens with zero attached hydrogens (tertiary/aromatic N) is 3. The fourth-order valence-electron chi connectivity index (χ4n) is 4.57. The molecule has 0 saturated carbocycles. The number of hydrogen-bond donors (Lipinski definition) is 2. The molecule has 1 aromatic heterocycles. The fourth-order valence-corrected chi connectivity index (χ4v) is 4.57. The third-order valence-corrected chi connectivity index (χ3v) is 6.42. The largest absolute Gasteiger partial charge is 0.368 e. The van der Waals surface area contributed by atoms with Crippen LogP contribution in [0.1, 0.15) is 34.1 Å². The minimum absolute atomic E-state index is 0.0486. The van der Waals surface area contributed by atoms with Gasteiger partial charge in [-0.1, -0.05) is 49.4 Å². The SMILES string of the molecule is CCc1ccc(-c2ccccc2)c(C(=O)Nc2ccc3c(c2)CCN3C(=O)Cc2ccnc(N)n2)c1. The van der Waals surface area contributed by atoms with Crippen LogP contribution in [0.4, 0.5) is 17.3 Å². The molecule has 2 heterocycles. The number of hydrogen-bond acceptors (Lipinski definition) is 5. The molecule has 1 aliphatic heterocycles. The summed E-state index contributed by atoms with van der Waals surface area (Å²) in [4.78, 5) is 36.1. The molecule has 0 unspecified atom stereocenters. The number of carbonyl (C=O) groups is 2. The lowest BCUT2D eigenvalue weighted by atomic mass is 9.96. The van der Waals surface area contributed by atoms with E-state index in [1.165, 1.54) is 0 Å². The maximum absolute atomic E-state index is 13.4. The van der Waals surface area contributed by atoms with E-state index in [2.05, 4.69) is 28.3 Å². The van der Waals surface area contributed by atoms with Crippen molar-refractivity contribution < 1.29 is 9.59 Å². The van der Waals surface area contributed by atoms with Gasteiger partial charge in [-0.2, -0.15) is 0 Å². The lowest BCUT2D eigenvalue weighted by Crippen LogP contribution is -2.30. The van der Waals surface area contributed by atoms with E-state index in [0.29, 0.717) is 23.5 Å². The van der Waals surface area contributed by atoms with Crippen LogP contribution in [-0.4, -0.2) is 28.3 Å². The van der Waals surface area contributed by atoms with Crippen LogP contribution in [0, 0.1) is 0 Å². The molecule has 3 N–H and O–H groups in total. The number of nitrogens with two attached hydrogens (primary N) is 1. The Morgan fingerprint density at radius 2 is 1.86 bits per heavy atom. The topological polar surface area (TPSA) is 101 Å². The van der Waals surface area contributed by atoms with Gasteiger partial charge in [0.25, 0.3) is 5.91 Å². The first-order chi connectivity index (χ1) is 17.5. The van der Waals surface area contributed by atoms with Crippen LogP contribution in [-0.2, 0) is 24.1 Å². The van der Waals surface area contributed by atoms with Crippen LogP contribution in [0.25, 0.3) is 11.1 Å². The molecule has 7 heteroatoms. The molecule has 0 aliphatic carbocycles. The van der Waals surface area contributed by atoms with Crippen LogP contribution in [0.15, 0.2) is 79.0 Å². The highest BCUT2D eigenvalue weighted by Gasteiger charge is 2.25. The molecule has 2 amide bonds. The van der Waals surface area contributed by atoms with E-state index in [4.69, 9.17) is 5.73 Å². The smallest absolute Gasteiger partial charge is 0.256 e. The number of fused-ring (bicyclic) bond motifs is 1. The minimum Gasteiger partial charge on any atom is -0.368 e. The number of carbonyl (C=O) groups excluding carboxylic acids is 2. The van der Waals surface area contributed by atoms with Crippen molar-refractivity contribution in [2.45, 2.75) is 26.2 Å². The Balaban J connectivity index is 1.35. The number of aryl methyl sites for hydroxylation is 1. The van der Waals surface area contributed by atoms with E-state index in [1.807, 2.05) is 60.7 Å². The van der Waals surface area contributed by atoms with E-state index in [-0.39, 0.29) is 24.2 Å². The van der Waals surface area contributed by atoms with Gasteiger partial charge in [0.1, 0.15) is 0 Å². The molecule has 0 saturated heterocycles. The van der Waals surface area contributed by atoms with Crippen LogP contribution in [0.2, 0.25) is 0 Å². The van der Waals surface area contributed by atoms with Gasteiger partial charge < -0.3 is 16.0 Å². The Morgan fingerprint density at radius 1 is 1.03 bits per heavy atom. The van der Waals surface area contributed by atoms with Gasteiger partial charge >= 0.3 is 0 Å². The second-order valence-electron chi connectivity index (χ2n) is 8.78. The van der Waals surface area contributed by atoms with Crippen LogP contribution < -0.4 is 16.0 Å². The molecule has 180 valence electrons. The van der Waals surface area contributed by atoms with Gasteiger partial charge in [0.05, 0.1) is 12.1 Å². The number of nitrogens with one attached hydrogen (secondary N) is 1. The van der Waals surface area contributed by atoms with Crippen LogP contribution in [0.3, 0.4) is 0 Å². The number of nitrogen functional groups attached to an aromatic ring is 1. The highest BCUT2D eigenvalue weighted by molar-refractivity contribution is 6.09. The summed E-state index contributed by atoms with van der Waals surface area (Å²) in [6, 6.07) is 23.4. The second kappa shape index (κ2) is 10.00. The minimum atomic E-state index is -0.156. The average Bonchev–Trinajstić information content (AvgIpc) is 3.32. The quantitative estimate of drug-likeness (QED) is 0.420. The summed E-state index contributed by atoms with van der Waals surface area (Å²) in [6.07, 6.45) is 3.27. The van der Waals surface area contributed by atoms with Crippen molar-refractivity contribution in [1.82, 2.24) is 9.97 Å². The molecule has 3 aromatic carbocycles. The zero-order valence-corrected chi connectivity index (χ0v) is 20.1. The van der Waals surface area contributed by atoms with Gasteiger partial charge in [-0.3, -0.25) is 9.59 Å². The summed E-state index contributed by atoms with van der Waals surface area (Å²) < 4.78 is 0. The molecular weight excluding hydrogens is 450 g/mol. The number of benzene rings is 3. The Kier molecular flexibility index (Phi) is 6.45. The first kappa shape index (κ1) is 23.2. The van der Waals surface area contributed by atoms with E-state index < -0.39 is 0 Å². The molecular formula is C29H27N5O2. The average molecular weight is 478 g/mol. The number of aromatic nitrogens is 2. The van der Waals surface area contributed by atoms with E-state index >= 15 is 0 Å². The Hall–Kier alpha value is -4.52. The van der Waals surface area contributed by atoms with E-state index in [9.17, 15) is 9.59 Å². The summed E-state index contributed by atoms with van der Waals surface area (Å²) in [5.41, 5.74) is 12.5. The molecule has 7 nitrogen and oxygen atoms in total. The Labute approximate surface area is 210 Å². The third-order valence-electron chi connectivity index (χ3n) is 6.42. The number of rotatable bonds is 6. The zero-order valence-electron chi connectivity index (χ0n) is 20.1. The maximum atomic E-state index is 13.4. The van der Waals surface area contributed by atoms with Gasteiger partial charge in [-0.15, -0.1) is 0 Å². The highest BCUT2D eigenvalue weighted by Crippen LogP contribution is 2.32. The Bertz CT molecular complexity index is 1440. The van der Waals surface area contributed by atoms with Crippen molar-refractivity contribution in [3.63, 3.8) is 0 Å². The summed E-state index contributed by atoms with van der Waals surface area (Å²) in [6.45, 7) is 2.66. The summed E-state index contributed by atoms with van der Waals surface area (Å²) >= 11 is 0. The lowest BCUT2D eigenvalue weighted by Gasteiger charge is -2.18. The van der Waals surface area contributed by atoms with Gasteiger partial charge in [0.2, 0.25) is 11.9 Å². The predicted octanol–water partition coefficient (Wildman–Crippen LogP) is 4.67. The predicted molar refractivity (Wildman–Crippen MR) is 142 cm³/mol. The van der Waals surface area contributed by atoms with Crippen molar-refractivity contribution in [1.29, 1.82) is 0 Å². The fraction of sp³-hybridized carbons (Fsp3) is 0.172. The van der Waals surface area contributed by atoms with Crippen molar-refractivity contribution >= 4 is 29.1 Å². The molecule has 5 rings (SSSR count). The molecule has 0 radical (unpaired) electrons. The highest BCUT2D eigenvalue weighted by atomic mass is 16.2. The second-order valence-corrected chi connectivity index (χ2v) is 8.78. The number of anilines is 3. The molecule has 0 bridgehead atoms. The van der Waals surface area contributed by atoms with Crippen molar-refractivity contribution in [3.8, 4) is 11.1 Å². The van der Waals surface area contributed by atoms with Crippen molar-refractivity contribution in [2.24, 2.45) is 0 Å². The van der Waals surface area contributed by atoms with Crippen LogP contribution >= 0.6 is 0 Å². The first-order valence-electron chi connectivity index (χ1n) is 12.0. The van der Waals surface area contributed by atoms with Gasteiger partial charge in [0, 0.05) is 29.7 Å². The molecule has 0 spiro atoms. The van der Waals surface area contributed by atoms with E-state index in [1.54, 1.807) is 17.2 Å². The van der Waals surface area contributed by atoms with Gasteiger partial charge in [-0.05, 0) is 65.4 Å². The molecule has 1 aliphatic rings. The lowest BCUT2D eigenvalue weighted by molar-refractivity contribution is -0.117. The normalized spacial score (nSPS) is 12.3. The van der Waals surface area contributed by atoms with Crippen molar-refractivity contribution in [3.05, 3.63) is 101 Å². The molecule has 36 heavy (non-hydrogen) atoms. The van der Waals surface area contributed by atoms with Gasteiger partial charge in [0.15, 0.2) is 0 Å². The Morgan fingerprint density at radius 3 is 2.64 bits per heavy atom. The zero-order chi connectivity index (χ0) is 25.1. The van der Waals surface area contributed by atoms with Crippen molar-refractivity contribution in [2.75, 3.05) is 22.5 Å². The standard InChI is InChI=1S/C29H27N5O2/c1-2-19-8-10-24(20-6-4-3-5-7-20)25(16-19)28(36)32-22-9-11-26-21(17-22)13-15-34(26)27(35)18-23-12-14-31-29(30)33-23/h3-12,14,16-17H,2,13,15,18H2,1H3,(H,32,36)(H2,30,31,33). The van der Waals surface area contributed by atoms with Gasteiger partial charge in [-0.25, -0.2) is 9.97 Å². The van der Waals surface area contributed by atoms with E-state index in [0.717, 1.165) is 40.8 Å². The first-order valence-corrected chi connectivity index (χ1v) is 12.0. The maximum Gasteiger partial charge on any atom is 0.256 e. The summed E-state index contributed by atoms with van der Waals surface area (Å²) in [5, 5.41) is 3.07. The monoisotopic (exact) mass is 477 g/mol. The molecule has 0 atom stereocenters. The summed E-state index contributed by atoms with van der Waals surface area (Å²) in [7, 11) is 0. The third kappa shape index (κ3) is 4.81. The number of amides is 2.